The van der Waals surface area contributed by atoms with Crippen molar-refractivity contribution in [3.05, 3.63) is 0 Å². The molecule has 0 aliphatic carbocycles. The number of hydrogen-bond acceptors (Lipinski definition) is 27. The zero-order chi connectivity index (χ0) is 108. The lowest BCUT2D eigenvalue weighted by Gasteiger charge is -2.42. The number of piperidine rings is 5. The second-order valence-electron chi connectivity index (χ2n) is 46.9. The first-order valence-electron chi connectivity index (χ1n) is 56.5. The lowest BCUT2D eigenvalue weighted by Crippen LogP contribution is -2.53. The molecule has 0 spiro atoms. The quantitative estimate of drug-likeness (QED) is 0.0696. The molecule has 13 fully saturated rings. The highest BCUT2D eigenvalue weighted by Gasteiger charge is 2.33. The summed E-state index contributed by atoms with van der Waals surface area (Å²) >= 11 is 2.07. The van der Waals surface area contributed by atoms with Gasteiger partial charge in [0.05, 0.1) is 38.6 Å². The predicted molar refractivity (Wildman–Crippen MR) is 613 cm³/mol. The van der Waals surface area contributed by atoms with E-state index in [0.29, 0.717) is 90.7 Å². The summed E-state index contributed by atoms with van der Waals surface area (Å²) in [6.45, 7) is 110. The fourth-order valence-corrected chi connectivity index (χ4v) is 21.3. The number of aliphatic hydroxyl groups is 2. The molecule has 34 heteroatoms. The number of rotatable bonds is 18. The van der Waals surface area contributed by atoms with Gasteiger partial charge in [0.1, 0.15) is 12.5 Å². The van der Waals surface area contributed by atoms with Gasteiger partial charge in [0.15, 0.2) is 0 Å². The lowest BCUT2D eigenvalue weighted by molar-refractivity contribution is -0.121. The molecule has 144 heavy (non-hydrogen) atoms. The van der Waals surface area contributed by atoms with Crippen molar-refractivity contribution in [3.8, 4) is 0 Å². The summed E-state index contributed by atoms with van der Waals surface area (Å²) in [5.74, 6) is 3.09. The van der Waals surface area contributed by atoms with Gasteiger partial charge in [-0.2, -0.15) is 11.8 Å². The summed E-state index contributed by atoms with van der Waals surface area (Å²) in [4.78, 5) is 96.9. The molecule has 13 rings (SSSR count). The number of likely N-dealkylation sites (N-methyl/N-ethyl adjacent to an activating group) is 2. The van der Waals surface area contributed by atoms with E-state index < -0.39 is 15.6 Å². The zero-order valence-electron chi connectivity index (χ0n) is 98.0. The second kappa shape index (κ2) is 78.8. The molecule has 1 unspecified atom stereocenters. The van der Waals surface area contributed by atoms with Gasteiger partial charge < -0.3 is 68.7 Å². The first-order valence-corrected chi connectivity index (χ1v) is 60.7. The van der Waals surface area contributed by atoms with Gasteiger partial charge in [0.2, 0.25) is 0 Å². The molecule has 13 aliphatic heterocycles. The molecular formula is C110H239N17O14P2S. The van der Waals surface area contributed by atoms with E-state index in [2.05, 4.69) is 316 Å². The number of nitrogens with zero attached hydrogens (tertiary/aromatic N) is 17. The average molecular weight is 2120 g/mol. The standard InChI is InChI=1S/C10H20N2O2.C10H22N2.C9H19N.C8H19N2O4P.C8H18N2.C8H18NO4P.C8H17NO.C8H15NO.2C8H17NO.2C8H17N.C7H15NS.2CH4/c1-4-14-10(13)12-7-5-11(6-8-12)9(2)3;1-5-11-6-8-12(9-7-11)10(2,3)4;1-8(2)10-7-5-4-6-9(10)3;1-8(2)10-5-3-9(4-6-10)7-14-15(11,12)13;1-8(2)10-6-4-9(3)5-7-10;1-7(2)9-5-3-8(4-6-9)13-14(10,11)12;1-8(2,3)9-4-6-10-7-5-9;1-7(2)9-5-3-8(10)4-6-9;1-7(2)9-5-3-4-8(9)6-10;1-7(2)9-5-3-4-8(10)6-9;1-8(2,3)9-6-4-5-7-9;1-8(2)9-6-4-3-5-7-9;1-7(2)8-3-5-9-6-4-8;;/h9H,4-8H2,1-3H3;5-9H2,1-4H3;8-9H,4-7H2,1-3H3;8H,3-7H2,1-2H3,(H2,11,12,13);8H,4-7H2,1-3H3;7-8H,3-6H2,1-2H3,(H2,10,11,12);4-7H2,1-3H3;7H,3-6H2,1-2H3;2*7-8,10H,3-6H2,1-2H3;4-7H2,1-3H3;8H,3-7H2,1-2H3;7H,3-6H2,1-2H3;2*1H4/t;;;;;;;;2*8-;;;;;/m........01...../s1. The normalized spacial score (nSPS) is 23.2. The smallest absolute Gasteiger partial charge is 0.450 e. The van der Waals surface area contributed by atoms with Gasteiger partial charge in [-0.15, -0.1) is 0 Å². The van der Waals surface area contributed by atoms with Crippen LogP contribution in [-0.2, 0) is 32.4 Å². The number of Topliss-reactive ketones (excluding diaryl/α,β-unsaturated/α-hetero) is 1. The van der Waals surface area contributed by atoms with Crippen LogP contribution in [0.15, 0.2) is 0 Å². The summed E-state index contributed by atoms with van der Waals surface area (Å²) in [5.41, 5.74) is 1.10. The molecule has 0 aromatic carbocycles. The Hall–Kier alpha value is -1.25. The summed E-state index contributed by atoms with van der Waals surface area (Å²) in [5, 5.41) is 18.2. The number of ether oxygens (including phenoxy) is 2. The van der Waals surface area contributed by atoms with Crippen molar-refractivity contribution in [1.82, 2.24) is 83.3 Å². The minimum absolute atomic E-state index is 0. The third-order valence-electron chi connectivity index (χ3n) is 29.6. The molecule has 13 aliphatic rings. The summed E-state index contributed by atoms with van der Waals surface area (Å²) in [7, 11) is -6.43. The van der Waals surface area contributed by atoms with Crippen LogP contribution in [0, 0.1) is 0 Å². The number of phosphoric ester groups is 2. The van der Waals surface area contributed by atoms with Gasteiger partial charge in [-0.1, -0.05) is 34.6 Å². The monoisotopic (exact) mass is 2120 g/mol. The molecule has 0 radical (unpaired) electrons. The van der Waals surface area contributed by atoms with Crippen LogP contribution in [0.3, 0.4) is 0 Å². The summed E-state index contributed by atoms with van der Waals surface area (Å²) in [6, 6.07) is 7.65. The molecule has 0 saturated carbocycles. The molecule has 6 N–H and O–H groups in total. The Labute approximate surface area is 892 Å². The minimum Gasteiger partial charge on any atom is -0.450 e. The van der Waals surface area contributed by atoms with E-state index >= 15 is 0 Å². The number of aliphatic hydroxyl groups excluding tert-OH is 2. The average Bonchev–Trinajstić information content (AvgIpc) is 1.46. The Balaban J connectivity index is 0. The van der Waals surface area contributed by atoms with Crippen molar-refractivity contribution in [1.29, 1.82) is 0 Å². The number of β-amino-alcohol motifs (C(OH)–C–C–N with tert-alkyl or cyclic N) is 1. The molecule has 3 atom stereocenters. The van der Waals surface area contributed by atoms with Crippen molar-refractivity contribution in [2.45, 2.75) is 440 Å². The molecule has 31 nitrogen and oxygen atoms in total. The van der Waals surface area contributed by atoms with Crippen LogP contribution < -0.4 is 0 Å². The van der Waals surface area contributed by atoms with Crippen LogP contribution in [0.2, 0.25) is 0 Å². The maximum atomic E-state index is 11.4. The van der Waals surface area contributed by atoms with Crippen molar-refractivity contribution in [2.24, 2.45) is 0 Å². The zero-order valence-corrected chi connectivity index (χ0v) is 101. The number of phosphoric acid groups is 2. The highest BCUT2D eigenvalue weighted by Crippen LogP contribution is 2.40. The van der Waals surface area contributed by atoms with Gasteiger partial charge in [-0.3, -0.25) is 67.7 Å². The minimum atomic E-state index is -4.32. The first-order chi connectivity index (χ1) is 66.3. The predicted octanol–water partition coefficient (Wildman–Crippen LogP) is 16.9. The number of carbonyl (C=O) groups is 2. The van der Waals surface area contributed by atoms with Gasteiger partial charge in [0.25, 0.3) is 0 Å². The Bertz CT molecular complexity index is 3110. The summed E-state index contributed by atoms with van der Waals surface area (Å²) in [6.07, 6.45) is 18.3. The highest BCUT2D eigenvalue weighted by molar-refractivity contribution is 7.99. The van der Waals surface area contributed by atoms with Crippen LogP contribution in [0.1, 0.15) is 339 Å². The first kappa shape index (κ1) is 145. The molecule has 1 amide bonds. The third-order valence-corrected chi connectivity index (χ3v) is 31.6. The van der Waals surface area contributed by atoms with Crippen molar-refractivity contribution in [3.63, 3.8) is 0 Å². The van der Waals surface area contributed by atoms with E-state index in [1.165, 1.54) is 187 Å². The molecule has 864 valence electrons. The number of morpholine rings is 1. The molecule has 0 aromatic heterocycles. The van der Waals surface area contributed by atoms with E-state index in [1.54, 1.807) is 4.90 Å². The number of likely N-dealkylation sites (tertiary alicyclic amines) is 7. The summed E-state index contributed by atoms with van der Waals surface area (Å²) < 4.78 is 40.3. The Morgan fingerprint density at radius 1 is 0.403 bits per heavy atom. The van der Waals surface area contributed by atoms with Gasteiger partial charge in [-0.05, 0) is 351 Å². The van der Waals surface area contributed by atoms with E-state index in [0.717, 1.165) is 174 Å². The topological polar surface area (TPSA) is 282 Å². The third kappa shape index (κ3) is 68.2. The number of amides is 1. The molecule has 0 bridgehead atoms. The maximum absolute atomic E-state index is 11.4. The van der Waals surface area contributed by atoms with E-state index in [-0.39, 0.29) is 39.9 Å². The number of carbonyl (C=O) groups excluding carboxylic acids is 2. The van der Waals surface area contributed by atoms with E-state index in [4.69, 9.17) is 34.2 Å². The van der Waals surface area contributed by atoms with Crippen LogP contribution >= 0.6 is 27.4 Å². The van der Waals surface area contributed by atoms with Gasteiger partial charge in [-0.25, -0.2) is 13.9 Å². The number of piperazine rings is 4. The fourth-order valence-electron chi connectivity index (χ4n) is 19.5. The van der Waals surface area contributed by atoms with Crippen molar-refractivity contribution >= 4 is 39.3 Å². The SMILES string of the molecule is C.C.CC(C)(C)N1CCCC1.CC(C)(C)N1CCOCC1.CC(C)N1CCC(=O)CC1.CC(C)N1CCC(OP(=O)(O)O)CC1.CC(C)N1CCCCC1.CC(C)N1CCCCC1C.CC(C)N1CCC[C@@H](O)C1.CC(C)N1CCC[C@H]1CO.CC(C)N1CCN(C)CC1.CC(C)N1CCN(COP(=O)(O)O)CC1.CC(C)N1CCSCC1.CCN1CCN(C(C)(C)C)CC1.CCOC(=O)N1CCN(C(C)C)CC1. The Morgan fingerprint density at radius 3 is 1.12 bits per heavy atom. The lowest BCUT2D eigenvalue weighted by atomic mass is 10.0. The van der Waals surface area contributed by atoms with Crippen molar-refractivity contribution in [2.75, 3.05) is 268 Å². The maximum Gasteiger partial charge on any atom is 0.470 e. The van der Waals surface area contributed by atoms with Crippen LogP contribution in [0.4, 0.5) is 4.79 Å². The number of thioether (sulfide) groups is 1. The van der Waals surface area contributed by atoms with Crippen LogP contribution in [0.5, 0.6) is 0 Å². The Morgan fingerprint density at radius 2 is 0.771 bits per heavy atom. The van der Waals surface area contributed by atoms with Crippen LogP contribution in [-0.4, -0.2) is 494 Å². The highest BCUT2D eigenvalue weighted by atomic mass is 32.2. The Kier molecular flexibility index (Phi) is 79.3. The largest absolute Gasteiger partial charge is 0.470 e. The fraction of sp³-hybridized carbons (Fsp3) is 0.982. The van der Waals surface area contributed by atoms with E-state index in [1.807, 2.05) is 11.8 Å². The molecule has 0 aromatic rings. The second-order valence-corrected chi connectivity index (χ2v) is 50.5. The van der Waals surface area contributed by atoms with Gasteiger partial charge >= 0.3 is 21.7 Å². The molecule has 13 saturated heterocycles. The van der Waals surface area contributed by atoms with Crippen molar-refractivity contribution < 1.29 is 67.0 Å². The van der Waals surface area contributed by atoms with Crippen LogP contribution in [0.25, 0.3) is 0 Å². The molecular weight excluding hydrogens is 1880 g/mol. The number of ketones is 1. The van der Waals surface area contributed by atoms with E-state index in [9.17, 15) is 23.8 Å². The number of hydrogen-bond donors (Lipinski definition) is 6. The van der Waals surface area contributed by atoms with Gasteiger partial charge in [0, 0.05) is 277 Å². The molecule has 13 heterocycles.